The highest BCUT2D eigenvalue weighted by Gasteiger charge is 2.34. The number of hydrogen-bond donors (Lipinski definition) is 1. The minimum absolute atomic E-state index is 0.208. The minimum Gasteiger partial charge on any atom is -0.387 e. The fourth-order valence-electron chi connectivity index (χ4n) is 1.91. The van der Waals surface area contributed by atoms with E-state index in [2.05, 4.69) is 0 Å². The molecule has 0 aromatic rings. The topological polar surface area (TPSA) is 38.7 Å². The molecule has 0 amide bonds. The van der Waals surface area contributed by atoms with Crippen LogP contribution >= 0.6 is 0 Å². The quantitative estimate of drug-likeness (QED) is 0.723. The van der Waals surface area contributed by atoms with Gasteiger partial charge in [0, 0.05) is 20.1 Å². The van der Waals surface area contributed by atoms with Crippen LogP contribution in [0, 0.1) is 0 Å². The molecule has 0 radical (unpaired) electrons. The van der Waals surface area contributed by atoms with E-state index in [0.29, 0.717) is 19.6 Å². The minimum atomic E-state index is -0.644. The fourth-order valence-corrected chi connectivity index (χ4v) is 1.91. The van der Waals surface area contributed by atoms with E-state index in [9.17, 15) is 5.11 Å². The molecule has 3 nitrogen and oxygen atoms in total. The molecule has 0 aromatic heterocycles. The third-order valence-corrected chi connectivity index (χ3v) is 2.68. The van der Waals surface area contributed by atoms with Crippen LogP contribution in [0.15, 0.2) is 0 Å². The van der Waals surface area contributed by atoms with Crippen molar-refractivity contribution in [3.05, 3.63) is 0 Å². The highest BCUT2D eigenvalue weighted by Crippen LogP contribution is 2.29. The molecule has 0 heterocycles. The Labute approximate surface area is 80.0 Å². The van der Waals surface area contributed by atoms with E-state index in [1.807, 2.05) is 6.92 Å². The molecule has 0 aromatic carbocycles. The van der Waals surface area contributed by atoms with Crippen LogP contribution in [-0.4, -0.2) is 37.1 Å². The third kappa shape index (κ3) is 3.25. The molecule has 1 N–H and O–H groups in total. The zero-order chi connectivity index (χ0) is 9.73. The summed E-state index contributed by atoms with van der Waals surface area (Å²) in [5, 5.41) is 10.1. The fraction of sp³-hybridized carbons (Fsp3) is 1.00. The second-order valence-corrected chi connectivity index (χ2v) is 3.82. The molecule has 1 aliphatic carbocycles. The predicted octanol–water partition coefficient (Wildman–Crippen LogP) is 1.34. The first-order valence-electron chi connectivity index (χ1n) is 5.03. The predicted molar refractivity (Wildman–Crippen MR) is 50.7 cm³/mol. The van der Waals surface area contributed by atoms with Crippen LogP contribution in [0.3, 0.4) is 0 Å². The molecule has 0 bridgehead atoms. The largest absolute Gasteiger partial charge is 0.387 e. The van der Waals surface area contributed by atoms with Gasteiger partial charge in [0.15, 0.2) is 0 Å². The summed E-state index contributed by atoms with van der Waals surface area (Å²) in [6.07, 6.45) is 3.85. The molecule has 1 fully saturated rings. The molecular formula is C10H20O3. The van der Waals surface area contributed by atoms with E-state index < -0.39 is 5.60 Å². The van der Waals surface area contributed by atoms with Crippen LogP contribution in [0.1, 0.15) is 32.6 Å². The summed E-state index contributed by atoms with van der Waals surface area (Å²) in [5.41, 5.74) is -0.644. The summed E-state index contributed by atoms with van der Waals surface area (Å²) >= 11 is 0. The van der Waals surface area contributed by atoms with Gasteiger partial charge in [0.05, 0.1) is 18.3 Å². The van der Waals surface area contributed by atoms with Gasteiger partial charge in [-0.3, -0.25) is 0 Å². The van der Waals surface area contributed by atoms with Gasteiger partial charge in [-0.25, -0.2) is 0 Å². The Bertz CT molecular complexity index is 149. The lowest BCUT2D eigenvalue weighted by Gasteiger charge is -2.35. The van der Waals surface area contributed by atoms with Gasteiger partial charge < -0.3 is 14.6 Å². The Morgan fingerprint density at radius 2 is 2.31 bits per heavy atom. The number of aliphatic hydroxyl groups is 1. The number of hydrogen-bond acceptors (Lipinski definition) is 3. The van der Waals surface area contributed by atoms with E-state index in [-0.39, 0.29) is 6.10 Å². The van der Waals surface area contributed by atoms with Gasteiger partial charge in [0.25, 0.3) is 0 Å². The molecule has 1 aliphatic rings. The van der Waals surface area contributed by atoms with Crippen molar-refractivity contribution < 1.29 is 14.6 Å². The zero-order valence-electron chi connectivity index (χ0n) is 8.58. The van der Waals surface area contributed by atoms with Crippen molar-refractivity contribution >= 4 is 0 Å². The maximum Gasteiger partial charge on any atom is 0.0904 e. The van der Waals surface area contributed by atoms with Gasteiger partial charge in [0.2, 0.25) is 0 Å². The standard InChI is InChI=1S/C10H20O3/c1-3-13-8-10(11)6-4-5-9(7-10)12-2/h9,11H,3-8H2,1-2H3. The lowest BCUT2D eigenvalue weighted by Crippen LogP contribution is -2.42. The van der Waals surface area contributed by atoms with E-state index >= 15 is 0 Å². The van der Waals surface area contributed by atoms with Gasteiger partial charge >= 0.3 is 0 Å². The highest BCUT2D eigenvalue weighted by atomic mass is 16.5. The van der Waals surface area contributed by atoms with Crippen molar-refractivity contribution in [3.63, 3.8) is 0 Å². The van der Waals surface area contributed by atoms with Crippen molar-refractivity contribution in [1.29, 1.82) is 0 Å². The van der Waals surface area contributed by atoms with E-state index in [4.69, 9.17) is 9.47 Å². The molecule has 78 valence electrons. The van der Waals surface area contributed by atoms with E-state index in [0.717, 1.165) is 19.3 Å². The lowest BCUT2D eigenvalue weighted by atomic mass is 9.83. The van der Waals surface area contributed by atoms with Gasteiger partial charge in [-0.2, -0.15) is 0 Å². The Morgan fingerprint density at radius 3 is 2.92 bits per heavy atom. The second-order valence-electron chi connectivity index (χ2n) is 3.82. The lowest BCUT2D eigenvalue weighted by molar-refractivity contribution is -0.101. The summed E-state index contributed by atoms with van der Waals surface area (Å²) in [6, 6.07) is 0. The van der Waals surface area contributed by atoms with Gasteiger partial charge in [-0.1, -0.05) is 0 Å². The summed E-state index contributed by atoms with van der Waals surface area (Å²) in [6.45, 7) is 3.06. The summed E-state index contributed by atoms with van der Waals surface area (Å²) in [7, 11) is 1.71. The molecule has 1 rings (SSSR count). The van der Waals surface area contributed by atoms with E-state index in [1.165, 1.54) is 0 Å². The normalized spacial score (nSPS) is 34.8. The van der Waals surface area contributed by atoms with Crippen LogP contribution < -0.4 is 0 Å². The Hall–Kier alpha value is -0.120. The van der Waals surface area contributed by atoms with Gasteiger partial charge in [0.1, 0.15) is 0 Å². The van der Waals surface area contributed by atoms with Crippen LogP contribution in [0.25, 0.3) is 0 Å². The monoisotopic (exact) mass is 188 g/mol. The maximum absolute atomic E-state index is 10.1. The Morgan fingerprint density at radius 1 is 1.54 bits per heavy atom. The first kappa shape index (κ1) is 11.0. The Kier molecular flexibility index (Phi) is 4.16. The first-order chi connectivity index (χ1) is 6.20. The van der Waals surface area contributed by atoms with Crippen LogP contribution in [-0.2, 0) is 9.47 Å². The second kappa shape index (κ2) is 4.94. The number of ether oxygens (including phenoxy) is 2. The Balaban J connectivity index is 2.37. The molecule has 2 unspecified atom stereocenters. The van der Waals surface area contributed by atoms with E-state index in [1.54, 1.807) is 7.11 Å². The smallest absolute Gasteiger partial charge is 0.0904 e. The molecule has 13 heavy (non-hydrogen) atoms. The van der Waals surface area contributed by atoms with Crippen molar-refractivity contribution in [2.45, 2.75) is 44.3 Å². The third-order valence-electron chi connectivity index (χ3n) is 2.68. The molecule has 0 saturated heterocycles. The van der Waals surface area contributed by atoms with Gasteiger partial charge in [-0.05, 0) is 26.2 Å². The first-order valence-corrected chi connectivity index (χ1v) is 5.03. The molecule has 0 spiro atoms. The molecule has 1 saturated carbocycles. The number of methoxy groups -OCH3 is 1. The van der Waals surface area contributed by atoms with Crippen LogP contribution in [0.2, 0.25) is 0 Å². The molecule has 2 atom stereocenters. The average molecular weight is 188 g/mol. The summed E-state index contributed by atoms with van der Waals surface area (Å²) < 4.78 is 10.5. The molecule has 3 heteroatoms. The summed E-state index contributed by atoms with van der Waals surface area (Å²) in [5.74, 6) is 0. The van der Waals surface area contributed by atoms with Crippen molar-refractivity contribution in [2.24, 2.45) is 0 Å². The number of rotatable bonds is 4. The summed E-state index contributed by atoms with van der Waals surface area (Å²) in [4.78, 5) is 0. The highest BCUT2D eigenvalue weighted by molar-refractivity contribution is 4.86. The van der Waals surface area contributed by atoms with Crippen molar-refractivity contribution in [3.8, 4) is 0 Å². The SMILES string of the molecule is CCOCC1(O)CCCC(OC)C1. The van der Waals surface area contributed by atoms with Crippen LogP contribution in [0.5, 0.6) is 0 Å². The maximum atomic E-state index is 10.1. The average Bonchev–Trinajstić information content (AvgIpc) is 2.15. The zero-order valence-corrected chi connectivity index (χ0v) is 8.58. The van der Waals surface area contributed by atoms with Crippen molar-refractivity contribution in [2.75, 3.05) is 20.3 Å². The molecular weight excluding hydrogens is 168 g/mol. The van der Waals surface area contributed by atoms with Gasteiger partial charge in [-0.15, -0.1) is 0 Å². The van der Waals surface area contributed by atoms with Crippen LogP contribution in [0.4, 0.5) is 0 Å². The molecule has 0 aliphatic heterocycles. The van der Waals surface area contributed by atoms with Crippen molar-refractivity contribution in [1.82, 2.24) is 0 Å².